The number of carbonyl (C=O) groups is 1. The Balaban J connectivity index is 1.81. The van der Waals surface area contributed by atoms with Gasteiger partial charge in [0, 0.05) is 10.7 Å². The van der Waals surface area contributed by atoms with Gasteiger partial charge in [0.25, 0.3) is 5.91 Å². The van der Waals surface area contributed by atoms with Gasteiger partial charge in [0.15, 0.2) is 11.3 Å². The van der Waals surface area contributed by atoms with Crippen molar-refractivity contribution in [2.75, 3.05) is 5.32 Å². The molecule has 0 fully saturated rings. The Bertz CT molecular complexity index is 1170. The quantitative estimate of drug-likeness (QED) is 0.553. The third-order valence-corrected chi connectivity index (χ3v) is 4.77. The summed E-state index contributed by atoms with van der Waals surface area (Å²) in [4.78, 5) is 12.7. The number of aryl methyl sites for hydroxylation is 2. The summed E-state index contributed by atoms with van der Waals surface area (Å²) in [6, 6.07) is 16.8. The standard InChI is InChI=1S/C21H18ClN5O/c1-3-17-18(14-8-7-9-15(22)12-14)20-25-24-19(13(2)27(20)26-17)21(28)23-16-10-5-4-6-11-16/h4-12H,3H2,1-2H3,(H,23,28). The Morgan fingerprint density at radius 1 is 1.11 bits per heavy atom. The monoisotopic (exact) mass is 391 g/mol. The normalized spacial score (nSPS) is 11.0. The number of nitrogens with zero attached hydrogens (tertiary/aromatic N) is 4. The fourth-order valence-corrected chi connectivity index (χ4v) is 3.35. The van der Waals surface area contributed by atoms with E-state index in [-0.39, 0.29) is 11.6 Å². The first kappa shape index (κ1) is 18.1. The predicted molar refractivity (Wildman–Crippen MR) is 110 cm³/mol. The zero-order valence-corrected chi connectivity index (χ0v) is 16.2. The molecule has 2 aromatic heterocycles. The van der Waals surface area contributed by atoms with Crippen LogP contribution in [0.5, 0.6) is 0 Å². The molecular weight excluding hydrogens is 374 g/mol. The molecule has 2 heterocycles. The summed E-state index contributed by atoms with van der Waals surface area (Å²) in [5, 5.41) is 16.7. The van der Waals surface area contributed by atoms with Crippen LogP contribution in [0.4, 0.5) is 5.69 Å². The van der Waals surface area contributed by atoms with Gasteiger partial charge in [-0.3, -0.25) is 4.79 Å². The summed E-state index contributed by atoms with van der Waals surface area (Å²) >= 11 is 6.17. The fraction of sp³-hybridized carbons (Fsp3) is 0.143. The first-order valence-corrected chi connectivity index (χ1v) is 9.33. The fourth-order valence-electron chi connectivity index (χ4n) is 3.16. The molecule has 1 amide bonds. The summed E-state index contributed by atoms with van der Waals surface area (Å²) in [6.07, 6.45) is 0.718. The average Bonchev–Trinajstić information content (AvgIpc) is 3.08. The highest BCUT2D eigenvalue weighted by molar-refractivity contribution is 6.30. The second-order valence-electron chi connectivity index (χ2n) is 6.38. The van der Waals surface area contributed by atoms with Gasteiger partial charge in [-0.2, -0.15) is 5.10 Å². The minimum atomic E-state index is -0.323. The molecule has 4 rings (SSSR count). The van der Waals surface area contributed by atoms with Crippen molar-refractivity contribution in [3.05, 3.63) is 76.7 Å². The minimum absolute atomic E-state index is 0.235. The minimum Gasteiger partial charge on any atom is -0.321 e. The van der Waals surface area contributed by atoms with E-state index in [2.05, 4.69) is 20.6 Å². The SMILES string of the molecule is CCc1nn2c(C)c(C(=O)Nc3ccccc3)nnc2c1-c1cccc(Cl)c1. The summed E-state index contributed by atoms with van der Waals surface area (Å²) in [7, 11) is 0. The number of amides is 1. The van der Waals surface area contributed by atoms with E-state index >= 15 is 0 Å². The lowest BCUT2D eigenvalue weighted by Crippen LogP contribution is -2.18. The van der Waals surface area contributed by atoms with Crippen molar-refractivity contribution < 1.29 is 4.79 Å². The molecule has 140 valence electrons. The Morgan fingerprint density at radius 2 is 1.89 bits per heavy atom. The highest BCUT2D eigenvalue weighted by Gasteiger charge is 2.21. The number of nitrogens with one attached hydrogen (secondary N) is 1. The average molecular weight is 392 g/mol. The third-order valence-electron chi connectivity index (χ3n) is 4.53. The number of carbonyl (C=O) groups excluding carboxylic acids is 1. The lowest BCUT2D eigenvalue weighted by Gasteiger charge is -2.07. The number of hydrogen-bond acceptors (Lipinski definition) is 4. The molecule has 0 saturated carbocycles. The molecule has 0 aliphatic carbocycles. The van der Waals surface area contributed by atoms with Crippen LogP contribution in [0.15, 0.2) is 54.6 Å². The Kier molecular flexibility index (Phi) is 4.79. The zero-order valence-electron chi connectivity index (χ0n) is 15.5. The molecule has 0 atom stereocenters. The van der Waals surface area contributed by atoms with Gasteiger partial charge >= 0.3 is 0 Å². The largest absolute Gasteiger partial charge is 0.321 e. The van der Waals surface area contributed by atoms with E-state index in [0.29, 0.717) is 22.1 Å². The van der Waals surface area contributed by atoms with Gasteiger partial charge in [0.2, 0.25) is 0 Å². The molecule has 0 aliphatic heterocycles. The third kappa shape index (κ3) is 3.23. The van der Waals surface area contributed by atoms with E-state index in [4.69, 9.17) is 11.6 Å². The van der Waals surface area contributed by atoms with Crippen LogP contribution >= 0.6 is 11.6 Å². The second-order valence-corrected chi connectivity index (χ2v) is 6.81. The first-order valence-electron chi connectivity index (χ1n) is 8.95. The Hall–Kier alpha value is -3.25. The number of halogens is 1. The predicted octanol–water partition coefficient (Wildman–Crippen LogP) is 4.57. The molecule has 0 bridgehead atoms. The molecule has 0 saturated heterocycles. The van der Waals surface area contributed by atoms with Gasteiger partial charge < -0.3 is 5.32 Å². The van der Waals surface area contributed by atoms with Crippen LogP contribution in [-0.2, 0) is 6.42 Å². The molecule has 0 radical (unpaired) electrons. The van der Waals surface area contributed by atoms with Crippen molar-refractivity contribution in [3.63, 3.8) is 0 Å². The van der Waals surface area contributed by atoms with E-state index in [1.165, 1.54) is 0 Å². The molecule has 1 N–H and O–H groups in total. The number of aromatic nitrogens is 4. The lowest BCUT2D eigenvalue weighted by molar-refractivity contribution is 0.102. The molecule has 28 heavy (non-hydrogen) atoms. The van der Waals surface area contributed by atoms with Gasteiger partial charge in [0.05, 0.1) is 17.0 Å². The van der Waals surface area contributed by atoms with E-state index in [9.17, 15) is 4.79 Å². The summed E-state index contributed by atoms with van der Waals surface area (Å²) < 4.78 is 1.68. The first-order chi connectivity index (χ1) is 13.6. The van der Waals surface area contributed by atoms with Crippen LogP contribution in [0.1, 0.15) is 28.8 Å². The van der Waals surface area contributed by atoms with Gasteiger partial charge in [-0.1, -0.05) is 48.9 Å². The highest BCUT2D eigenvalue weighted by Crippen LogP contribution is 2.30. The number of rotatable bonds is 4. The smallest absolute Gasteiger partial charge is 0.278 e. The molecule has 0 aliphatic rings. The Morgan fingerprint density at radius 3 is 2.61 bits per heavy atom. The summed E-state index contributed by atoms with van der Waals surface area (Å²) in [5.41, 5.74) is 4.85. The van der Waals surface area contributed by atoms with E-state index in [1.54, 1.807) is 4.52 Å². The second kappa shape index (κ2) is 7.40. The van der Waals surface area contributed by atoms with Gasteiger partial charge in [-0.25, -0.2) is 4.52 Å². The molecule has 0 spiro atoms. The van der Waals surface area contributed by atoms with Crippen LogP contribution < -0.4 is 5.32 Å². The van der Waals surface area contributed by atoms with E-state index in [1.807, 2.05) is 68.4 Å². The molecular formula is C21H18ClN5O. The highest BCUT2D eigenvalue weighted by atomic mass is 35.5. The zero-order chi connectivity index (χ0) is 19.7. The van der Waals surface area contributed by atoms with Crippen LogP contribution in [0.3, 0.4) is 0 Å². The van der Waals surface area contributed by atoms with Crippen molar-refractivity contribution in [1.82, 2.24) is 19.8 Å². The molecule has 0 unspecified atom stereocenters. The van der Waals surface area contributed by atoms with Crippen LogP contribution in [0.25, 0.3) is 16.8 Å². The van der Waals surface area contributed by atoms with Crippen LogP contribution in [0, 0.1) is 6.92 Å². The van der Waals surface area contributed by atoms with Crippen molar-refractivity contribution >= 4 is 28.8 Å². The van der Waals surface area contributed by atoms with E-state index in [0.717, 1.165) is 23.2 Å². The molecule has 7 heteroatoms. The lowest BCUT2D eigenvalue weighted by atomic mass is 10.0. The summed E-state index contributed by atoms with van der Waals surface area (Å²) in [5.74, 6) is -0.323. The summed E-state index contributed by atoms with van der Waals surface area (Å²) in [6.45, 7) is 3.84. The van der Waals surface area contributed by atoms with Crippen molar-refractivity contribution in [2.24, 2.45) is 0 Å². The van der Waals surface area contributed by atoms with Gasteiger partial charge in [-0.15, -0.1) is 10.2 Å². The van der Waals surface area contributed by atoms with Crippen molar-refractivity contribution in [1.29, 1.82) is 0 Å². The van der Waals surface area contributed by atoms with E-state index < -0.39 is 0 Å². The van der Waals surface area contributed by atoms with Gasteiger partial charge in [0.1, 0.15) is 0 Å². The molecule has 4 aromatic rings. The number of benzene rings is 2. The maximum Gasteiger partial charge on any atom is 0.278 e. The van der Waals surface area contributed by atoms with Crippen molar-refractivity contribution in [2.45, 2.75) is 20.3 Å². The number of para-hydroxylation sites is 1. The van der Waals surface area contributed by atoms with Crippen LogP contribution in [0.2, 0.25) is 5.02 Å². The molecule has 6 nitrogen and oxygen atoms in total. The number of fused-ring (bicyclic) bond motifs is 1. The number of hydrogen-bond donors (Lipinski definition) is 1. The van der Waals surface area contributed by atoms with Gasteiger partial charge in [-0.05, 0) is 43.2 Å². The number of anilines is 1. The topological polar surface area (TPSA) is 72.2 Å². The molecule has 2 aromatic carbocycles. The maximum absolute atomic E-state index is 12.7. The van der Waals surface area contributed by atoms with Crippen molar-refractivity contribution in [3.8, 4) is 11.1 Å². The van der Waals surface area contributed by atoms with Crippen LogP contribution in [-0.4, -0.2) is 25.7 Å². The Labute approximate surface area is 167 Å². The maximum atomic E-state index is 12.7.